The molecule has 1 heterocycles. The van der Waals surface area contributed by atoms with Gasteiger partial charge in [-0.15, -0.1) is 0 Å². The predicted molar refractivity (Wildman–Crippen MR) is 71.0 cm³/mol. The van der Waals surface area contributed by atoms with Crippen molar-refractivity contribution in [3.63, 3.8) is 0 Å². The summed E-state index contributed by atoms with van der Waals surface area (Å²) in [6.07, 6.45) is 5.85. The molecule has 1 rings (SSSR count). The monoisotopic (exact) mass is 306 g/mol. The van der Waals surface area contributed by atoms with Crippen molar-refractivity contribution < 1.29 is 5.11 Å². The number of nitrogens with one attached hydrogen (secondary N) is 1. The molecule has 16 heavy (non-hydrogen) atoms. The van der Waals surface area contributed by atoms with Gasteiger partial charge in [0.1, 0.15) is 5.82 Å². The Balaban J connectivity index is 2.21. The number of unbranched alkanes of at least 4 members (excludes halogenated alkanes) is 3. The molecular weight excluding hydrogens is 291 g/mol. The van der Waals surface area contributed by atoms with Crippen molar-refractivity contribution in [3.05, 3.63) is 21.8 Å². The Morgan fingerprint density at radius 3 is 2.75 bits per heavy atom. The normalized spacial score (nSPS) is 10.4. The molecule has 0 aliphatic carbocycles. The molecule has 0 aliphatic rings. The van der Waals surface area contributed by atoms with Gasteiger partial charge in [0.25, 0.3) is 0 Å². The van der Waals surface area contributed by atoms with Crippen LogP contribution in [0.25, 0.3) is 0 Å². The number of hydrogen-bond donors (Lipinski definition) is 2. The van der Waals surface area contributed by atoms with E-state index in [1.807, 2.05) is 6.07 Å². The molecule has 2 N–H and O–H groups in total. The molecule has 3 nitrogen and oxygen atoms in total. The highest BCUT2D eigenvalue weighted by atomic mass is 79.9. The molecule has 0 atom stereocenters. The van der Waals surface area contributed by atoms with Crippen LogP contribution in [0.3, 0.4) is 0 Å². The van der Waals surface area contributed by atoms with Gasteiger partial charge in [0, 0.05) is 23.8 Å². The minimum atomic E-state index is 0.285. The van der Waals surface area contributed by atoms with Crippen LogP contribution in [0.4, 0.5) is 5.82 Å². The number of aliphatic hydroxyl groups excluding tert-OH is 1. The van der Waals surface area contributed by atoms with Crippen LogP contribution in [0.1, 0.15) is 25.7 Å². The first-order chi connectivity index (χ1) is 7.74. The first-order valence-electron chi connectivity index (χ1n) is 5.40. The number of halogens is 2. The lowest BCUT2D eigenvalue weighted by Gasteiger charge is -2.07. The summed E-state index contributed by atoms with van der Waals surface area (Å²) in [4.78, 5) is 4.18. The van der Waals surface area contributed by atoms with E-state index in [9.17, 15) is 0 Å². The van der Waals surface area contributed by atoms with E-state index in [0.717, 1.165) is 42.5 Å². The zero-order valence-corrected chi connectivity index (χ0v) is 11.4. The lowest BCUT2D eigenvalue weighted by molar-refractivity contribution is 0.283. The number of pyridine rings is 1. The third-order valence-corrected chi connectivity index (χ3v) is 2.91. The zero-order chi connectivity index (χ0) is 11.8. The number of rotatable bonds is 7. The van der Waals surface area contributed by atoms with Gasteiger partial charge in [0.15, 0.2) is 0 Å². The van der Waals surface area contributed by atoms with Crippen LogP contribution < -0.4 is 5.32 Å². The van der Waals surface area contributed by atoms with Crippen LogP contribution in [-0.4, -0.2) is 23.2 Å². The predicted octanol–water partition coefficient (Wildman–Crippen LogP) is 3.46. The molecule has 90 valence electrons. The molecule has 0 aliphatic heterocycles. The maximum absolute atomic E-state index is 8.62. The Kier molecular flexibility index (Phi) is 6.76. The Bertz CT molecular complexity index is 323. The SMILES string of the molecule is OCCCCCCNc1ncc(Br)cc1Cl. The van der Waals surface area contributed by atoms with E-state index in [0.29, 0.717) is 5.02 Å². The van der Waals surface area contributed by atoms with E-state index < -0.39 is 0 Å². The van der Waals surface area contributed by atoms with Crippen molar-refractivity contribution in [3.8, 4) is 0 Å². The number of hydrogen-bond acceptors (Lipinski definition) is 3. The van der Waals surface area contributed by atoms with Gasteiger partial charge >= 0.3 is 0 Å². The third-order valence-electron chi connectivity index (χ3n) is 2.19. The van der Waals surface area contributed by atoms with Crippen molar-refractivity contribution in [1.29, 1.82) is 0 Å². The molecular formula is C11H16BrClN2O. The van der Waals surface area contributed by atoms with Gasteiger partial charge in [0.05, 0.1) is 5.02 Å². The summed E-state index contributed by atoms with van der Waals surface area (Å²) in [5, 5.41) is 12.4. The Morgan fingerprint density at radius 2 is 2.06 bits per heavy atom. The van der Waals surface area contributed by atoms with Gasteiger partial charge in [-0.25, -0.2) is 4.98 Å². The van der Waals surface area contributed by atoms with Gasteiger partial charge in [-0.1, -0.05) is 24.4 Å². The smallest absolute Gasteiger partial charge is 0.144 e. The molecule has 5 heteroatoms. The quantitative estimate of drug-likeness (QED) is 0.758. The number of nitrogens with zero attached hydrogens (tertiary/aromatic N) is 1. The maximum Gasteiger partial charge on any atom is 0.144 e. The summed E-state index contributed by atoms with van der Waals surface area (Å²) in [5.41, 5.74) is 0. The van der Waals surface area contributed by atoms with Crippen molar-refractivity contribution in [2.75, 3.05) is 18.5 Å². The molecule has 0 bridgehead atoms. The van der Waals surface area contributed by atoms with Gasteiger partial charge < -0.3 is 10.4 Å². The van der Waals surface area contributed by atoms with Crippen molar-refractivity contribution in [2.45, 2.75) is 25.7 Å². The lowest BCUT2D eigenvalue weighted by Crippen LogP contribution is -2.03. The molecule has 0 aromatic carbocycles. The fourth-order valence-electron chi connectivity index (χ4n) is 1.34. The molecule has 0 saturated carbocycles. The van der Waals surface area contributed by atoms with Gasteiger partial charge in [-0.2, -0.15) is 0 Å². The molecule has 1 aromatic rings. The molecule has 0 radical (unpaired) electrons. The van der Waals surface area contributed by atoms with Crippen molar-refractivity contribution in [1.82, 2.24) is 4.98 Å². The summed E-state index contributed by atoms with van der Waals surface area (Å²) in [6, 6.07) is 1.82. The molecule has 1 aromatic heterocycles. The van der Waals surface area contributed by atoms with Crippen LogP contribution in [0.5, 0.6) is 0 Å². The molecule has 0 fully saturated rings. The molecule has 0 amide bonds. The Morgan fingerprint density at radius 1 is 1.31 bits per heavy atom. The van der Waals surface area contributed by atoms with Crippen LogP contribution in [0.2, 0.25) is 5.02 Å². The van der Waals surface area contributed by atoms with E-state index in [1.54, 1.807) is 6.20 Å². The second kappa shape index (κ2) is 7.87. The average Bonchev–Trinajstić information content (AvgIpc) is 2.26. The fourth-order valence-corrected chi connectivity index (χ4v) is 2.04. The van der Waals surface area contributed by atoms with Crippen LogP contribution in [-0.2, 0) is 0 Å². The minimum absolute atomic E-state index is 0.285. The zero-order valence-electron chi connectivity index (χ0n) is 9.05. The van der Waals surface area contributed by atoms with E-state index in [4.69, 9.17) is 16.7 Å². The number of aromatic nitrogens is 1. The second-order valence-electron chi connectivity index (χ2n) is 3.55. The number of anilines is 1. The highest BCUT2D eigenvalue weighted by Crippen LogP contribution is 2.22. The minimum Gasteiger partial charge on any atom is -0.396 e. The van der Waals surface area contributed by atoms with E-state index >= 15 is 0 Å². The Hall–Kier alpha value is -0.320. The maximum atomic E-state index is 8.62. The topological polar surface area (TPSA) is 45.1 Å². The summed E-state index contributed by atoms with van der Waals surface area (Å²) in [5.74, 6) is 0.729. The lowest BCUT2D eigenvalue weighted by atomic mass is 10.2. The van der Waals surface area contributed by atoms with Gasteiger partial charge in [0.2, 0.25) is 0 Å². The van der Waals surface area contributed by atoms with E-state index in [1.165, 1.54) is 0 Å². The van der Waals surface area contributed by atoms with Gasteiger partial charge in [-0.3, -0.25) is 0 Å². The van der Waals surface area contributed by atoms with E-state index in [-0.39, 0.29) is 6.61 Å². The largest absolute Gasteiger partial charge is 0.396 e. The van der Waals surface area contributed by atoms with E-state index in [2.05, 4.69) is 26.2 Å². The first kappa shape index (κ1) is 13.7. The van der Waals surface area contributed by atoms with Crippen LogP contribution in [0.15, 0.2) is 16.7 Å². The van der Waals surface area contributed by atoms with Crippen LogP contribution in [0, 0.1) is 0 Å². The number of aliphatic hydroxyl groups is 1. The summed E-state index contributed by atoms with van der Waals surface area (Å²) < 4.78 is 0.881. The fraction of sp³-hybridized carbons (Fsp3) is 0.545. The summed E-state index contributed by atoms with van der Waals surface area (Å²) >= 11 is 9.31. The summed E-state index contributed by atoms with van der Waals surface area (Å²) in [7, 11) is 0. The molecule has 0 saturated heterocycles. The molecule has 0 unspecified atom stereocenters. The highest BCUT2D eigenvalue weighted by molar-refractivity contribution is 9.10. The molecule has 0 spiro atoms. The second-order valence-corrected chi connectivity index (χ2v) is 4.87. The van der Waals surface area contributed by atoms with Crippen molar-refractivity contribution in [2.24, 2.45) is 0 Å². The highest BCUT2D eigenvalue weighted by Gasteiger charge is 2.01. The average molecular weight is 308 g/mol. The Labute approximate surface area is 109 Å². The standard InChI is InChI=1S/C11H16BrClN2O/c12-9-7-10(13)11(15-8-9)14-5-3-1-2-4-6-16/h7-8,16H,1-6H2,(H,14,15). The summed E-state index contributed by atoms with van der Waals surface area (Å²) in [6.45, 7) is 1.15. The first-order valence-corrected chi connectivity index (χ1v) is 6.57. The van der Waals surface area contributed by atoms with Crippen molar-refractivity contribution >= 4 is 33.3 Å². The van der Waals surface area contributed by atoms with Gasteiger partial charge in [-0.05, 0) is 34.8 Å². The third kappa shape index (κ3) is 5.14. The van der Waals surface area contributed by atoms with Crippen LogP contribution >= 0.6 is 27.5 Å².